The molecule has 8 aromatic carbocycles. The first-order valence-electron chi connectivity index (χ1n) is 21.2. The van der Waals surface area contributed by atoms with Crippen LogP contribution in [0.25, 0.3) is 107 Å². The number of benzene rings is 8. The van der Waals surface area contributed by atoms with Crippen molar-refractivity contribution in [1.29, 1.82) is 0 Å². The highest BCUT2D eigenvalue weighted by Gasteiger charge is 2.19. The summed E-state index contributed by atoms with van der Waals surface area (Å²) in [5, 5.41) is 2.50. The normalized spacial score (nSPS) is 11.3. The Hall–Kier alpha value is -8.35. The molecule has 0 saturated carbocycles. The van der Waals surface area contributed by atoms with E-state index in [0.717, 1.165) is 61.6 Å². The molecule has 0 amide bonds. The second-order valence-corrected chi connectivity index (χ2v) is 15.9. The predicted octanol–water partition coefficient (Wildman–Crippen LogP) is 14.0. The lowest BCUT2D eigenvalue weighted by atomic mass is 9.94. The fourth-order valence-corrected chi connectivity index (χ4v) is 8.45. The monoisotopic (exact) mass is 808 g/mol. The summed E-state index contributed by atoms with van der Waals surface area (Å²) in [4.78, 5) is 25.6. The molecule has 0 saturated heterocycles. The maximum absolute atomic E-state index is 5.21. The van der Waals surface area contributed by atoms with Gasteiger partial charge in [0.05, 0.1) is 22.4 Å². The van der Waals surface area contributed by atoms with Gasteiger partial charge in [-0.3, -0.25) is 0 Å². The minimum atomic E-state index is 0.583. The van der Waals surface area contributed by atoms with E-state index in [9.17, 15) is 0 Å². The number of hydrogen-bond acceptors (Lipinski definition) is 5. The Bertz CT molecular complexity index is 3260. The van der Waals surface area contributed by atoms with Gasteiger partial charge in [-0.15, -0.1) is 0 Å². The maximum atomic E-state index is 5.21. The highest BCUT2D eigenvalue weighted by atomic mass is 15.0. The molecule has 0 N–H and O–H groups in total. The van der Waals surface area contributed by atoms with Crippen LogP contribution < -0.4 is 0 Å². The zero-order valence-electron chi connectivity index (χ0n) is 34.8. The van der Waals surface area contributed by atoms with Gasteiger partial charge in [0.2, 0.25) is 0 Å². The SMILES string of the molecule is Cc1ccc2c(c1)c1cc(C)ccc1n2-c1ccc(-c2cc(-c3cc(-c4ccccc4)nc(-c4ccccc4)n3)ccc2-c2nc(-c3ccccc3)nc(-c3ccccc3)n2)cc1. The molecule has 3 aromatic heterocycles. The van der Waals surface area contributed by atoms with E-state index in [2.05, 4.69) is 128 Å². The smallest absolute Gasteiger partial charge is 0.164 e. The van der Waals surface area contributed by atoms with Gasteiger partial charge in [-0.2, -0.15) is 0 Å². The molecule has 0 aliphatic carbocycles. The second kappa shape index (κ2) is 15.9. The van der Waals surface area contributed by atoms with E-state index in [-0.39, 0.29) is 0 Å². The van der Waals surface area contributed by atoms with Crippen molar-refractivity contribution < 1.29 is 0 Å². The summed E-state index contributed by atoms with van der Waals surface area (Å²) >= 11 is 0. The summed E-state index contributed by atoms with van der Waals surface area (Å²) in [6.07, 6.45) is 0. The summed E-state index contributed by atoms with van der Waals surface area (Å²) in [6.45, 7) is 4.31. The van der Waals surface area contributed by atoms with Crippen molar-refractivity contribution in [2.45, 2.75) is 13.8 Å². The molecule has 6 nitrogen and oxygen atoms in total. The third-order valence-corrected chi connectivity index (χ3v) is 11.6. The molecule has 298 valence electrons. The van der Waals surface area contributed by atoms with Gasteiger partial charge in [-0.1, -0.05) is 163 Å². The number of fused-ring (bicyclic) bond motifs is 3. The zero-order chi connectivity index (χ0) is 42.3. The average molecular weight is 809 g/mol. The molecule has 0 fully saturated rings. The van der Waals surface area contributed by atoms with Crippen molar-refractivity contribution in [3.8, 4) is 84.9 Å². The molecule has 0 bridgehead atoms. The third-order valence-electron chi connectivity index (χ3n) is 11.6. The molecule has 0 aliphatic heterocycles. The summed E-state index contributed by atoms with van der Waals surface area (Å²) < 4.78 is 2.37. The van der Waals surface area contributed by atoms with Crippen LogP contribution in [0.1, 0.15) is 11.1 Å². The van der Waals surface area contributed by atoms with Crippen LogP contribution in [0.5, 0.6) is 0 Å². The van der Waals surface area contributed by atoms with E-state index >= 15 is 0 Å². The number of nitrogens with zero attached hydrogens (tertiary/aromatic N) is 6. The van der Waals surface area contributed by atoms with Gasteiger partial charge >= 0.3 is 0 Å². The van der Waals surface area contributed by atoms with Crippen molar-refractivity contribution in [2.75, 3.05) is 0 Å². The Morgan fingerprint density at radius 3 is 1.24 bits per heavy atom. The average Bonchev–Trinajstić information content (AvgIpc) is 3.67. The quantitative estimate of drug-likeness (QED) is 0.153. The molecular formula is C57H40N6. The Kier molecular flexibility index (Phi) is 9.51. The molecule has 3 heterocycles. The van der Waals surface area contributed by atoms with Gasteiger partial charge in [-0.05, 0) is 79.6 Å². The Morgan fingerprint density at radius 1 is 0.302 bits per heavy atom. The van der Waals surface area contributed by atoms with Crippen LogP contribution in [0.3, 0.4) is 0 Å². The largest absolute Gasteiger partial charge is 0.309 e. The number of aromatic nitrogens is 6. The highest BCUT2D eigenvalue weighted by Crippen LogP contribution is 2.39. The summed E-state index contributed by atoms with van der Waals surface area (Å²) in [5.74, 6) is 2.46. The fourth-order valence-electron chi connectivity index (χ4n) is 8.45. The van der Waals surface area contributed by atoms with E-state index in [1.807, 2.05) is 97.1 Å². The molecular weight excluding hydrogens is 769 g/mol. The first kappa shape index (κ1) is 37.6. The molecule has 0 radical (unpaired) electrons. The molecule has 11 rings (SSSR count). The van der Waals surface area contributed by atoms with Crippen molar-refractivity contribution in [3.05, 3.63) is 217 Å². The van der Waals surface area contributed by atoms with Gasteiger partial charge in [0.1, 0.15) is 0 Å². The van der Waals surface area contributed by atoms with Crippen LogP contribution in [0.2, 0.25) is 0 Å². The lowest BCUT2D eigenvalue weighted by Crippen LogP contribution is -2.01. The molecule has 6 heteroatoms. The summed E-state index contributed by atoms with van der Waals surface area (Å²) in [6, 6.07) is 71.5. The lowest BCUT2D eigenvalue weighted by molar-refractivity contribution is 1.07. The van der Waals surface area contributed by atoms with Crippen LogP contribution in [0.15, 0.2) is 206 Å². The van der Waals surface area contributed by atoms with Crippen molar-refractivity contribution >= 4 is 21.8 Å². The van der Waals surface area contributed by atoms with Gasteiger partial charge in [-0.25, -0.2) is 24.9 Å². The van der Waals surface area contributed by atoms with E-state index in [4.69, 9.17) is 24.9 Å². The molecule has 0 unspecified atom stereocenters. The van der Waals surface area contributed by atoms with Gasteiger partial charge in [0.25, 0.3) is 0 Å². The van der Waals surface area contributed by atoms with Crippen LogP contribution in [-0.2, 0) is 0 Å². The van der Waals surface area contributed by atoms with Crippen LogP contribution in [-0.4, -0.2) is 29.5 Å². The lowest BCUT2D eigenvalue weighted by Gasteiger charge is -2.15. The third kappa shape index (κ3) is 7.23. The fraction of sp³-hybridized carbons (Fsp3) is 0.0351. The first-order chi connectivity index (χ1) is 31.0. The van der Waals surface area contributed by atoms with Crippen molar-refractivity contribution in [3.63, 3.8) is 0 Å². The van der Waals surface area contributed by atoms with E-state index < -0.39 is 0 Å². The van der Waals surface area contributed by atoms with Gasteiger partial charge in [0.15, 0.2) is 23.3 Å². The molecule has 11 aromatic rings. The van der Waals surface area contributed by atoms with Crippen molar-refractivity contribution in [2.24, 2.45) is 0 Å². The predicted molar refractivity (Wildman–Crippen MR) is 257 cm³/mol. The zero-order valence-corrected chi connectivity index (χ0v) is 34.8. The summed E-state index contributed by atoms with van der Waals surface area (Å²) in [5.41, 5.74) is 15.2. The number of rotatable bonds is 8. The molecule has 0 spiro atoms. The van der Waals surface area contributed by atoms with Crippen LogP contribution >= 0.6 is 0 Å². The summed E-state index contributed by atoms with van der Waals surface area (Å²) in [7, 11) is 0. The molecule has 0 aliphatic rings. The van der Waals surface area contributed by atoms with E-state index in [1.54, 1.807) is 0 Å². The minimum Gasteiger partial charge on any atom is -0.309 e. The van der Waals surface area contributed by atoms with Crippen molar-refractivity contribution in [1.82, 2.24) is 29.5 Å². The van der Waals surface area contributed by atoms with Gasteiger partial charge < -0.3 is 4.57 Å². The number of aryl methyl sites for hydroxylation is 2. The molecule has 63 heavy (non-hydrogen) atoms. The van der Waals surface area contributed by atoms with E-state index in [0.29, 0.717) is 23.3 Å². The number of hydrogen-bond donors (Lipinski definition) is 0. The van der Waals surface area contributed by atoms with Crippen LogP contribution in [0, 0.1) is 13.8 Å². The van der Waals surface area contributed by atoms with Crippen LogP contribution in [0.4, 0.5) is 0 Å². The Morgan fingerprint density at radius 2 is 0.730 bits per heavy atom. The molecule has 0 atom stereocenters. The van der Waals surface area contributed by atoms with Gasteiger partial charge in [0, 0.05) is 49.8 Å². The Labute approximate surface area is 365 Å². The minimum absolute atomic E-state index is 0.583. The second-order valence-electron chi connectivity index (χ2n) is 15.9. The first-order valence-corrected chi connectivity index (χ1v) is 21.2. The maximum Gasteiger partial charge on any atom is 0.164 e. The standard InChI is InChI=1S/C57H40N6/c1-37-23-31-52-48(33-37)49-34-38(2)24-32-53(49)63(52)45-28-25-39(26-29-45)47-35-44(51-36-50(40-15-7-3-8-16-40)58-54(59-51)41-17-9-4-10-18-41)27-30-46(47)57-61-55(42-19-11-5-12-20-42)60-56(62-57)43-21-13-6-14-22-43/h3-36H,1-2H3. The highest BCUT2D eigenvalue weighted by molar-refractivity contribution is 6.09. The van der Waals surface area contributed by atoms with E-state index in [1.165, 1.54) is 32.9 Å². The Balaban J connectivity index is 1.12. The topological polar surface area (TPSA) is 69.4 Å².